The molecule has 112 valence electrons. The minimum atomic E-state index is 0.00432. The maximum atomic E-state index is 6.07. The topological polar surface area (TPSA) is 38.0 Å². The van der Waals surface area contributed by atoms with Crippen LogP contribution in [0.2, 0.25) is 10.0 Å². The first kappa shape index (κ1) is 16.3. The van der Waals surface area contributed by atoms with Crippen molar-refractivity contribution in [1.82, 2.24) is 5.43 Å². The van der Waals surface area contributed by atoms with Gasteiger partial charge in [0.2, 0.25) is 0 Å². The van der Waals surface area contributed by atoms with Gasteiger partial charge in [0.05, 0.1) is 16.1 Å². The van der Waals surface area contributed by atoms with Gasteiger partial charge in [-0.3, -0.25) is 11.3 Å². The molecule has 2 aromatic rings. The van der Waals surface area contributed by atoms with Crippen molar-refractivity contribution in [3.8, 4) is 0 Å². The van der Waals surface area contributed by atoms with Crippen molar-refractivity contribution in [3.63, 3.8) is 0 Å². The second-order valence-electron chi connectivity index (χ2n) is 5.49. The molecule has 0 fully saturated rings. The van der Waals surface area contributed by atoms with Gasteiger partial charge in [-0.2, -0.15) is 0 Å². The number of hydrogen-bond acceptors (Lipinski definition) is 2. The van der Waals surface area contributed by atoms with E-state index < -0.39 is 0 Å². The average Bonchev–Trinajstić information content (AvgIpc) is 2.48. The van der Waals surface area contributed by atoms with Crippen molar-refractivity contribution in [2.75, 3.05) is 0 Å². The molecule has 4 heteroatoms. The van der Waals surface area contributed by atoms with Crippen molar-refractivity contribution in [2.24, 2.45) is 5.84 Å². The zero-order valence-electron chi connectivity index (χ0n) is 12.2. The minimum Gasteiger partial charge on any atom is -0.271 e. The number of nitrogens with one attached hydrogen (secondary N) is 1. The first-order valence-corrected chi connectivity index (χ1v) is 7.76. The van der Waals surface area contributed by atoms with Gasteiger partial charge in [0, 0.05) is 0 Å². The van der Waals surface area contributed by atoms with E-state index in [0.29, 0.717) is 16.0 Å². The maximum absolute atomic E-state index is 6.07. The Morgan fingerprint density at radius 3 is 2.10 bits per heavy atom. The fraction of sp³-hybridized carbons (Fsp3) is 0.294. The molecule has 3 N–H and O–H groups in total. The van der Waals surface area contributed by atoms with Crippen LogP contribution in [0.5, 0.6) is 0 Å². The van der Waals surface area contributed by atoms with E-state index in [9.17, 15) is 0 Å². The summed E-state index contributed by atoms with van der Waals surface area (Å²) in [6.07, 6.45) is 0.798. The lowest BCUT2D eigenvalue weighted by molar-refractivity contribution is 0.552. The van der Waals surface area contributed by atoms with Crippen molar-refractivity contribution in [3.05, 3.63) is 69.2 Å². The van der Waals surface area contributed by atoms with E-state index in [1.54, 1.807) is 6.07 Å². The third kappa shape index (κ3) is 4.21. The van der Waals surface area contributed by atoms with Crippen LogP contribution in [0.4, 0.5) is 0 Å². The normalized spacial score (nSPS) is 12.7. The van der Waals surface area contributed by atoms with Crippen LogP contribution >= 0.6 is 23.2 Å². The van der Waals surface area contributed by atoms with Crippen molar-refractivity contribution in [2.45, 2.75) is 32.2 Å². The van der Waals surface area contributed by atoms with Crippen LogP contribution in [0.3, 0.4) is 0 Å². The number of benzene rings is 2. The minimum absolute atomic E-state index is 0.00432. The zero-order chi connectivity index (χ0) is 15.4. The van der Waals surface area contributed by atoms with Gasteiger partial charge >= 0.3 is 0 Å². The monoisotopic (exact) mass is 322 g/mol. The van der Waals surface area contributed by atoms with Crippen molar-refractivity contribution < 1.29 is 0 Å². The summed E-state index contributed by atoms with van der Waals surface area (Å²) in [5, 5.41) is 1.10. The van der Waals surface area contributed by atoms with Crippen LogP contribution < -0.4 is 11.3 Å². The molecule has 1 unspecified atom stereocenters. The highest BCUT2D eigenvalue weighted by Gasteiger charge is 2.12. The predicted octanol–water partition coefficient (Wildman–Crippen LogP) is 4.86. The Morgan fingerprint density at radius 1 is 0.952 bits per heavy atom. The van der Waals surface area contributed by atoms with E-state index in [0.717, 1.165) is 12.0 Å². The Balaban J connectivity index is 2.16. The fourth-order valence-corrected chi connectivity index (χ4v) is 2.58. The smallest absolute Gasteiger partial charge is 0.0595 e. The van der Waals surface area contributed by atoms with Gasteiger partial charge < -0.3 is 0 Å². The first-order valence-electron chi connectivity index (χ1n) is 7.01. The Labute approximate surface area is 136 Å². The third-order valence-electron chi connectivity index (χ3n) is 3.63. The second kappa shape index (κ2) is 7.28. The lowest BCUT2D eigenvalue weighted by Gasteiger charge is -2.17. The van der Waals surface area contributed by atoms with E-state index >= 15 is 0 Å². The summed E-state index contributed by atoms with van der Waals surface area (Å²) in [5.41, 5.74) is 6.45. The van der Waals surface area contributed by atoms with E-state index in [2.05, 4.69) is 43.5 Å². The summed E-state index contributed by atoms with van der Waals surface area (Å²) in [7, 11) is 0. The number of rotatable bonds is 5. The molecule has 0 aliphatic carbocycles. The van der Waals surface area contributed by atoms with Crippen LogP contribution in [-0.4, -0.2) is 0 Å². The van der Waals surface area contributed by atoms with Gasteiger partial charge in [-0.25, -0.2) is 0 Å². The SMILES string of the molecule is CC(C)c1ccc(CC(NN)c2ccc(Cl)c(Cl)c2)cc1. The molecule has 0 aromatic heterocycles. The summed E-state index contributed by atoms with van der Waals surface area (Å²) >= 11 is 12.0. The highest BCUT2D eigenvalue weighted by Crippen LogP contribution is 2.27. The molecule has 21 heavy (non-hydrogen) atoms. The van der Waals surface area contributed by atoms with Crippen LogP contribution in [0.15, 0.2) is 42.5 Å². The molecule has 2 rings (SSSR count). The largest absolute Gasteiger partial charge is 0.271 e. The third-order valence-corrected chi connectivity index (χ3v) is 4.37. The summed E-state index contributed by atoms with van der Waals surface area (Å²) < 4.78 is 0. The van der Waals surface area contributed by atoms with E-state index in [-0.39, 0.29) is 6.04 Å². The van der Waals surface area contributed by atoms with E-state index in [1.165, 1.54) is 11.1 Å². The molecule has 0 heterocycles. The van der Waals surface area contributed by atoms with E-state index in [1.807, 2.05) is 12.1 Å². The number of hydrogen-bond donors (Lipinski definition) is 2. The predicted molar refractivity (Wildman–Crippen MR) is 90.8 cm³/mol. The summed E-state index contributed by atoms with van der Waals surface area (Å²) in [5.74, 6) is 6.23. The van der Waals surface area contributed by atoms with Crippen LogP contribution in [0, 0.1) is 0 Å². The number of nitrogens with two attached hydrogens (primary N) is 1. The Hall–Kier alpha value is -1.06. The zero-order valence-corrected chi connectivity index (χ0v) is 13.7. The molecule has 0 aliphatic heterocycles. The van der Waals surface area contributed by atoms with Gasteiger partial charge in [0.25, 0.3) is 0 Å². The average molecular weight is 323 g/mol. The first-order chi connectivity index (χ1) is 10.0. The van der Waals surface area contributed by atoms with Crippen LogP contribution in [-0.2, 0) is 6.42 Å². The van der Waals surface area contributed by atoms with Crippen LogP contribution in [0.1, 0.15) is 42.5 Å². The Kier molecular flexibility index (Phi) is 5.65. The standard InChI is InChI=1S/C17H20Cl2N2/c1-11(2)13-5-3-12(4-6-13)9-17(21-20)14-7-8-15(18)16(19)10-14/h3-8,10-11,17,21H,9,20H2,1-2H3. The molecule has 2 aromatic carbocycles. The van der Waals surface area contributed by atoms with Gasteiger partial charge in [0.1, 0.15) is 0 Å². The molecule has 1 atom stereocenters. The molecule has 0 radical (unpaired) electrons. The fourth-order valence-electron chi connectivity index (χ4n) is 2.28. The van der Waals surface area contributed by atoms with Gasteiger partial charge in [-0.1, -0.05) is 67.4 Å². The number of hydrazine groups is 1. The summed E-state index contributed by atoms with van der Waals surface area (Å²) in [4.78, 5) is 0. The molecule has 0 bridgehead atoms. The molecular weight excluding hydrogens is 303 g/mol. The highest BCUT2D eigenvalue weighted by atomic mass is 35.5. The van der Waals surface area contributed by atoms with Crippen molar-refractivity contribution in [1.29, 1.82) is 0 Å². The molecule has 0 spiro atoms. The van der Waals surface area contributed by atoms with E-state index in [4.69, 9.17) is 29.0 Å². The van der Waals surface area contributed by atoms with Crippen LogP contribution in [0.25, 0.3) is 0 Å². The Morgan fingerprint density at radius 2 is 1.57 bits per heavy atom. The quantitative estimate of drug-likeness (QED) is 0.609. The molecule has 0 amide bonds. The molecule has 0 saturated carbocycles. The summed E-state index contributed by atoms with van der Waals surface area (Å²) in [6.45, 7) is 4.38. The van der Waals surface area contributed by atoms with Gasteiger partial charge in [0.15, 0.2) is 0 Å². The van der Waals surface area contributed by atoms with Gasteiger partial charge in [-0.15, -0.1) is 0 Å². The summed E-state index contributed by atoms with van der Waals surface area (Å²) in [6, 6.07) is 14.2. The lowest BCUT2D eigenvalue weighted by atomic mass is 9.96. The molecule has 0 aliphatic rings. The maximum Gasteiger partial charge on any atom is 0.0595 e. The highest BCUT2D eigenvalue weighted by molar-refractivity contribution is 6.42. The molecule has 0 saturated heterocycles. The molecule has 2 nitrogen and oxygen atoms in total. The van der Waals surface area contributed by atoms with Crippen molar-refractivity contribution >= 4 is 23.2 Å². The second-order valence-corrected chi connectivity index (χ2v) is 6.31. The lowest BCUT2D eigenvalue weighted by Crippen LogP contribution is -2.29. The Bertz CT molecular complexity index is 594. The molecular formula is C17H20Cl2N2. The number of halogens is 2. The van der Waals surface area contributed by atoms with Gasteiger partial charge in [-0.05, 0) is 41.2 Å².